The van der Waals surface area contributed by atoms with Crippen LogP contribution in [0.5, 0.6) is 0 Å². The van der Waals surface area contributed by atoms with E-state index < -0.39 is 0 Å². The van der Waals surface area contributed by atoms with Crippen molar-refractivity contribution in [3.63, 3.8) is 0 Å². The van der Waals surface area contributed by atoms with Crippen molar-refractivity contribution in [1.82, 2.24) is 0 Å². The first-order valence-corrected chi connectivity index (χ1v) is 5.95. The summed E-state index contributed by atoms with van der Waals surface area (Å²) in [5.74, 6) is 1.37. The van der Waals surface area contributed by atoms with Gasteiger partial charge in [-0.25, -0.2) is 0 Å². The zero-order chi connectivity index (χ0) is 10.6. The fourth-order valence-corrected chi connectivity index (χ4v) is 2.28. The van der Waals surface area contributed by atoms with Gasteiger partial charge in [-0.1, -0.05) is 20.8 Å². The van der Waals surface area contributed by atoms with Crippen LogP contribution in [-0.4, -0.2) is 18.8 Å². The topological polar surface area (TPSA) is 35.2 Å². The van der Waals surface area contributed by atoms with Crippen molar-refractivity contribution >= 4 is 0 Å². The zero-order valence-electron chi connectivity index (χ0n) is 9.88. The number of nitrogens with two attached hydrogens (primary N) is 1. The summed E-state index contributed by atoms with van der Waals surface area (Å²) < 4.78 is 5.37. The zero-order valence-corrected chi connectivity index (χ0v) is 9.88. The van der Waals surface area contributed by atoms with Gasteiger partial charge in [0.15, 0.2) is 0 Å². The molecule has 0 aromatic heterocycles. The third-order valence-corrected chi connectivity index (χ3v) is 3.82. The molecule has 1 fully saturated rings. The second-order valence-electron chi connectivity index (χ2n) is 5.00. The lowest BCUT2D eigenvalue weighted by atomic mass is 9.76. The number of hydrogen-bond acceptors (Lipinski definition) is 2. The first kappa shape index (κ1) is 12.0. The highest BCUT2D eigenvalue weighted by Gasteiger charge is 2.30. The minimum absolute atomic E-state index is 0.0437. The Hall–Kier alpha value is -0.0800. The van der Waals surface area contributed by atoms with Gasteiger partial charge in [0.25, 0.3) is 0 Å². The van der Waals surface area contributed by atoms with E-state index in [1.54, 1.807) is 0 Å². The SMILES string of the molecule is CCC(N)(CC1CCOCC1)C(C)C. The summed E-state index contributed by atoms with van der Waals surface area (Å²) in [7, 11) is 0. The summed E-state index contributed by atoms with van der Waals surface area (Å²) in [6.07, 6.45) is 4.66. The van der Waals surface area contributed by atoms with Crippen molar-refractivity contribution in [1.29, 1.82) is 0 Å². The van der Waals surface area contributed by atoms with Crippen molar-refractivity contribution < 1.29 is 4.74 Å². The second-order valence-corrected chi connectivity index (χ2v) is 5.00. The van der Waals surface area contributed by atoms with Crippen LogP contribution in [0.25, 0.3) is 0 Å². The molecule has 0 saturated carbocycles. The van der Waals surface area contributed by atoms with Gasteiger partial charge in [0.05, 0.1) is 0 Å². The lowest BCUT2D eigenvalue weighted by Crippen LogP contribution is -2.46. The van der Waals surface area contributed by atoms with E-state index >= 15 is 0 Å². The van der Waals surface area contributed by atoms with E-state index in [4.69, 9.17) is 10.5 Å². The minimum Gasteiger partial charge on any atom is -0.381 e. The molecule has 1 rings (SSSR count). The molecule has 1 aliphatic heterocycles. The van der Waals surface area contributed by atoms with Crippen LogP contribution in [0.4, 0.5) is 0 Å². The molecule has 1 atom stereocenters. The highest BCUT2D eigenvalue weighted by Crippen LogP contribution is 2.30. The Kier molecular flexibility index (Phi) is 4.39. The molecule has 0 radical (unpaired) electrons. The third-order valence-electron chi connectivity index (χ3n) is 3.82. The van der Waals surface area contributed by atoms with E-state index in [0.717, 1.165) is 25.6 Å². The van der Waals surface area contributed by atoms with Crippen LogP contribution in [0.1, 0.15) is 46.5 Å². The van der Waals surface area contributed by atoms with Crippen LogP contribution < -0.4 is 5.73 Å². The van der Waals surface area contributed by atoms with Crippen LogP contribution in [0.15, 0.2) is 0 Å². The Labute approximate surface area is 88.2 Å². The Morgan fingerprint density at radius 1 is 1.36 bits per heavy atom. The summed E-state index contributed by atoms with van der Waals surface area (Å²) in [4.78, 5) is 0. The van der Waals surface area contributed by atoms with Crippen molar-refractivity contribution in [3.05, 3.63) is 0 Å². The summed E-state index contributed by atoms with van der Waals surface area (Å²) in [5, 5.41) is 0. The Balaban J connectivity index is 2.46. The van der Waals surface area contributed by atoms with Gasteiger partial charge >= 0.3 is 0 Å². The Morgan fingerprint density at radius 3 is 2.36 bits per heavy atom. The molecule has 2 N–H and O–H groups in total. The van der Waals surface area contributed by atoms with Gasteiger partial charge < -0.3 is 10.5 Å². The number of rotatable bonds is 4. The molecule has 2 heteroatoms. The predicted molar refractivity (Wildman–Crippen MR) is 60.2 cm³/mol. The molecule has 1 unspecified atom stereocenters. The molecule has 0 aliphatic carbocycles. The van der Waals surface area contributed by atoms with E-state index in [-0.39, 0.29) is 5.54 Å². The van der Waals surface area contributed by atoms with E-state index in [9.17, 15) is 0 Å². The van der Waals surface area contributed by atoms with E-state index in [2.05, 4.69) is 20.8 Å². The van der Waals surface area contributed by atoms with Crippen LogP contribution in [-0.2, 0) is 4.74 Å². The maximum absolute atomic E-state index is 6.43. The van der Waals surface area contributed by atoms with E-state index in [1.165, 1.54) is 19.3 Å². The fraction of sp³-hybridized carbons (Fsp3) is 1.00. The van der Waals surface area contributed by atoms with Gasteiger partial charge in [-0.2, -0.15) is 0 Å². The van der Waals surface area contributed by atoms with E-state index in [0.29, 0.717) is 5.92 Å². The average Bonchev–Trinajstić information content (AvgIpc) is 2.19. The molecule has 0 amide bonds. The Morgan fingerprint density at radius 2 is 1.93 bits per heavy atom. The van der Waals surface area contributed by atoms with Crippen molar-refractivity contribution in [3.8, 4) is 0 Å². The van der Waals surface area contributed by atoms with Gasteiger partial charge in [-0.15, -0.1) is 0 Å². The molecular formula is C12H25NO. The molecule has 2 nitrogen and oxygen atoms in total. The van der Waals surface area contributed by atoms with Crippen molar-refractivity contribution in [2.75, 3.05) is 13.2 Å². The average molecular weight is 199 g/mol. The summed E-state index contributed by atoms with van der Waals surface area (Å²) in [6, 6.07) is 0. The summed E-state index contributed by atoms with van der Waals surface area (Å²) in [5.41, 5.74) is 6.47. The number of hydrogen-bond donors (Lipinski definition) is 1. The minimum atomic E-state index is 0.0437. The van der Waals surface area contributed by atoms with Crippen LogP contribution in [0.3, 0.4) is 0 Å². The molecule has 1 aliphatic rings. The molecule has 0 spiro atoms. The van der Waals surface area contributed by atoms with E-state index in [1.807, 2.05) is 0 Å². The molecule has 1 saturated heterocycles. The van der Waals surface area contributed by atoms with Gasteiger partial charge in [-0.3, -0.25) is 0 Å². The predicted octanol–water partition coefficient (Wildman–Crippen LogP) is 2.57. The second kappa shape index (κ2) is 5.13. The largest absolute Gasteiger partial charge is 0.381 e. The molecule has 0 bridgehead atoms. The quantitative estimate of drug-likeness (QED) is 0.755. The maximum Gasteiger partial charge on any atom is 0.0468 e. The molecule has 14 heavy (non-hydrogen) atoms. The van der Waals surface area contributed by atoms with Gasteiger partial charge in [0, 0.05) is 18.8 Å². The molecule has 0 aromatic rings. The highest BCUT2D eigenvalue weighted by molar-refractivity contribution is 4.88. The molecule has 1 heterocycles. The summed E-state index contributed by atoms with van der Waals surface area (Å²) >= 11 is 0. The van der Waals surface area contributed by atoms with Crippen LogP contribution >= 0.6 is 0 Å². The van der Waals surface area contributed by atoms with Gasteiger partial charge in [-0.05, 0) is 37.5 Å². The van der Waals surface area contributed by atoms with Crippen LogP contribution in [0, 0.1) is 11.8 Å². The monoisotopic (exact) mass is 199 g/mol. The standard InChI is InChI=1S/C12H25NO/c1-4-12(13,10(2)3)9-11-5-7-14-8-6-11/h10-11H,4-9,13H2,1-3H3. The third kappa shape index (κ3) is 2.96. The number of ether oxygens (including phenoxy) is 1. The fourth-order valence-electron chi connectivity index (χ4n) is 2.28. The lowest BCUT2D eigenvalue weighted by molar-refractivity contribution is 0.0515. The Bertz CT molecular complexity index is 164. The lowest BCUT2D eigenvalue weighted by Gasteiger charge is -2.37. The molecular weight excluding hydrogens is 174 g/mol. The van der Waals surface area contributed by atoms with Crippen molar-refractivity contribution in [2.24, 2.45) is 17.6 Å². The van der Waals surface area contributed by atoms with Crippen molar-refractivity contribution in [2.45, 2.75) is 52.0 Å². The smallest absolute Gasteiger partial charge is 0.0468 e. The van der Waals surface area contributed by atoms with Gasteiger partial charge in [0.2, 0.25) is 0 Å². The molecule has 0 aromatic carbocycles. The normalized spacial score (nSPS) is 23.8. The highest BCUT2D eigenvalue weighted by atomic mass is 16.5. The van der Waals surface area contributed by atoms with Crippen LogP contribution in [0.2, 0.25) is 0 Å². The first-order valence-electron chi connectivity index (χ1n) is 5.95. The summed E-state index contributed by atoms with van der Waals surface area (Å²) in [6.45, 7) is 8.55. The first-order chi connectivity index (χ1) is 6.58. The molecule has 84 valence electrons. The maximum atomic E-state index is 6.43. The van der Waals surface area contributed by atoms with Gasteiger partial charge in [0.1, 0.15) is 0 Å².